The van der Waals surface area contributed by atoms with Crippen molar-refractivity contribution < 1.29 is 28.6 Å². The highest BCUT2D eigenvalue weighted by Gasteiger charge is 2.43. The molecule has 1 N–H and O–H groups in total. The molecule has 0 spiro atoms. The minimum Gasteiger partial charge on any atom is -0.481 e. The van der Waals surface area contributed by atoms with Crippen molar-refractivity contribution in [1.29, 1.82) is 0 Å². The van der Waals surface area contributed by atoms with Crippen LogP contribution in [0.5, 0.6) is 5.95 Å². The van der Waals surface area contributed by atoms with Crippen LogP contribution >= 0.6 is 0 Å². The van der Waals surface area contributed by atoms with Crippen LogP contribution < -0.4 is 4.74 Å². The number of nitrogens with zero attached hydrogens (tertiary/aromatic N) is 1. The first kappa shape index (κ1) is 17.3. The second kappa shape index (κ2) is 7.50. The predicted molar refractivity (Wildman–Crippen MR) is 81.6 cm³/mol. The van der Waals surface area contributed by atoms with E-state index in [9.17, 15) is 14.7 Å². The second-order valence-corrected chi connectivity index (χ2v) is 5.83. The Bertz CT molecular complexity index is 555. The number of hydrogen-bond acceptors (Lipinski definition) is 5. The van der Waals surface area contributed by atoms with Gasteiger partial charge in [-0.3, -0.25) is 9.59 Å². The van der Waals surface area contributed by atoms with Gasteiger partial charge in [0.15, 0.2) is 5.76 Å². The number of ether oxygens (including phenoxy) is 2. The van der Waals surface area contributed by atoms with Gasteiger partial charge < -0.3 is 23.9 Å². The fraction of sp³-hybridized carbons (Fsp3) is 0.625. The van der Waals surface area contributed by atoms with Gasteiger partial charge in [0.05, 0.1) is 12.5 Å². The highest BCUT2D eigenvalue weighted by atomic mass is 16.6. The molecule has 2 heterocycles. The number of hydrogen-bond donors (Lipinski definition) is 1. The monoisotopic (exact) mass is 325 g/mol. The second-order valence-electron chi connectivity index (χ2n) is 5.83. The van der Waals surface area contributed by atoms with Crippen LogP contribution in [0.1, 0.15) is 36.2 Å². The lowest BCUT2D eigenvalue weighted by Gasteiger charge is -2.39. The number of carboxylic acids is 1. The first-order chi connectivity index (χ1) is 11.0. The van der Waals surface area contributed by atoms with Gasteiger partial charge in [-0.05, 0) is 31.7 Å². The van der Waals surface area contributed by atoms with Gasteiger partial charge in [-0.1, -0.05) is 0 Å². The SMILES string of the molecule is COCCC[C@]1(C(=O)O)CCCN(C(=O)c2ccc(OC)o2)C1. The molecule has 1 aromatic rings. The zero-order chi connectivity index (χ0) is 16.9. The first-order valence-electron chi connectivity index (χ1n) is 7.68. The number of methoxy groups -OCH3 is 2. The van der Waals surface area contributed by atoms with Gasteiger partial charge in [-0.25, -0.2) is 0 Å². The largest absolute Gasteiger partial charge is 0.481 e. The van der Waals surface area contributed by atoms with Crippen LogP contribution in [0.3, 0.4) is 0 Å². The van der Waals surface area contributed by atoms with E-state index in [1.165, 1.54) is 7.11 Å². The third-order valence-corrected chi connectivity index (χ3v) is 4.31. The molecule has 23 heavy (non-hydrogen) atoms. The lowest BCUT2D eigenvalue weighted by atomic mass is 9.76. The molecule has 2 rings (SSSR count). The van der Waals surface area contributed by atoms with Gasteiger partial charge in [0.2, 0.25) is 0 Å². The molecular weight excluding hydrogens is 302 g/mol. The molecule has 0 bridgehead atoms. The fourth-order valence-corrected chi connectivity index (χ4v) is 3.05. The summed E-state index contributed by atoms with van der Waals surface area (Å²) < 4.78 is 15.2. The van der Waals surface area contributed by atoms with E-state index >= 15 is 0 Å². The molecule has 1 atom stereocenters. The summed E-state index contributed by atoms with van der Waals surface area (Å²) >= 11 is 0. The highest BCUT2D eigenvalue weighted by molar-refractivity contribution is 5.92. The first-order valence-corrected chi connectivity index (χ1v) is 7.68. The lowest BCUT2D eigenvalue weighted by molar-refractivity contribution is -0.152. The molecule has 1 saturated heterocycles. The molecule has 1 aromatic heterocycles. The summed E-state index contributed by atoms with van der Waals surface area (Å²) in [4.78, 5) is 25.9. The number of aliphatic carboxylic acids is 1. The fourth-order valence-electron chi connectivity index (χ4n) is 3.05. The molecule has 1 fully saturated rings. The molecule has 0 aliphatic carbocycles. The number of carbonyl (C=O) groups excluding carboxylic acids is 1. The average molecular weight is 325 g/mol. The van der Waals surface area contributed by atoms with Crippen molar-refractivity contribution in [1.82, 2.24) is 4.90 Å². The Hall–Kier alpha value is -2.02. The highest BCUT2D eigenvalue weighted by Crippen LogP contribution is 2.36. The van der Waals surface area contributed by atoms with E-state index in [4.69, 9.17) is 13.9 Å². The molecular formula is C16H23NO6. The third kappa shape index (κ3) is 3.85. The van der Waals surface area contributed by atoms with Crippen molar-refractivity contribution in [2.45, 2.75) is 25.7 Å². The van der Waals surface area contributed by atoms with Crippen LogP contribution in [0.15, 0.2) is 16.5 Å². The van der Waals surface area contributed by atoms with E-state index in [0.29, 0.717) is 38.8 Å². The third-order valence-electron chi connectivity index (χ3n) is 4.31. The molecule has 1 aliphatic heterocycles. The Morgan fingerprint density at radius 3 is 2.78 bits per heavy atom. The predicted octanol–water partition coefficient (Wildman–Crippen LogP) is 2.02. The van der Waals surface area contributed by atoms with E-state index in [-0.39, 0.29) is 24.2 Å². The molecule has 0 radical (unpaired) electrons. The lowest BCUT2D eigenvalue weighted by Crippen LogP contribution is -2.50. The Kier molecular flexibility index (Phi) is 5.65. The van der Waals surface area contributed by atoms with E-state index in [1.807, 2.05) is 0 Å². The molecule has 1 aliphatic rings. The van der Waals surface area contributed by atoms with Crippen LogP contribution in [-0.4, -0.2) is 55.8 Å². The molecule has 7 nitrogen and oxygen atoms in total. The summed E-state index contributed by atoms with van der Waals surface area (Å²) in [5.41, 5.74) is -0.914. The summed E-state index contributed by atoms with van der Waals surface area (Å²) in [6, 6.07) is 3.11. The Morgan fingerprint density at radius 2 is 2.17 bits per heavy atom. The van der Waals surface area contributed by atoms with Gasteiger partial charge in [-0.15, -0.1) is 0 Å². The van der Waals surface area contributed by atoms with Crippen molar-refractivity contribution in [3.63, 3.8) is 0 Å². The Morgan fingerprint density at radius 1 is 1.39 bits per heavy atom. The quantitative estimate of drug-likeness (QED) is 0.772. The molecule has 128 valence electrons. The maximum atomic E-state index is 12.5. The van der Waals surface area contributed by atoms with E-state index in [1.54, 1.807) is 24.1 Å². The molecule has 0 unspecified atom stereocenters. The number of piperidine rings is 1. The van der Waals surface area contributed by atoms with Gasteiger partial charge in [0.1, 0.15) is 0 Å². The number of amides is 1. The molecule has 0 aromatic carbocycles. The van der Waals surface area contributed by atoms with Crippen LogP contribution in [0.2, 0.25) is 0 Å². The number of furan rings is 1. The number of likely N-dealkylation sites (tertiary alicyclic amines) is 1. The summed E-state index contributed by atoms with van der Waals surface area (Å²) in [6.45, 7) is 1.23. The van der Waals surface area contributed by atoms with E-state index < -0.39 is 11.4 Å². The Labute approximate surface area is 135 Å². The van der Waals surface area contributed by atoms with Crippen molar-refractivity contribution in [2.75, 3.05) is 33.9 Å². The number of carbonyl (C=O) groups is 2. The van der Waals surface area contributed by atoms with Crippen LogP contribution in [0.4, 0.5) is 0 Å². The van der Waals surface area contributed by atoms with E-state index in [0.717, 1.165) is 0 Å². The summed E-state index contributed by atoms with van der Waals surface area (Å²) in [6.07, 6.45) is 2.36. The van der Waals surface area contributed by atoms with Crippen molar-refractivity contribution in [3.8, 4) is 5.95 Å². The van der Waals surface area contributed by atoms with Gasteiger partial charge >= 0.3 is 5.97 Å². The summed E-state index contributed by atoms with van der Waals surface area (Å²) in [5.74, 6) is -0.733. The molecule has 1 amide bonds. The summed E-state index contributed by atoms with van der Waals surface area (Å²) in [5, 5.41) is 9.68. The standard InChI is InChI=1S/C16H23NO6/c1-21-10-4-8-16(15(19)20)7-3-9-17(11-16)14(18)12-5-6-13(22-2)23-12/h5-6H,3-4,7-11H2,1-2H3,(H,19,20)/t16-/m1/s1. The molecule has 7 heteroatoms. The summed E-state index contributed by atoms with van der Waals surface area (Å²) in [7, 11) is 3.05. The van der Waals surface area contributed by atoms with Crippen molar-refractivity contribution >= 4 is 11.9 Å². The zero-order valence-corrected chi connectivity index (χ0v) is 13.5. The van der Waals surface area contributed by atoms with Crippen molar-refractivity contribution in [3.05, 3.63) is 17.9 Å². The minimum atomic E-state index is -0.914. The maximum Gasteiger partial charge on any atom is 0.311 e. The van der Waals surface area contributed by atoms with Crippen LogP contribution in [-0.2, 0) is 9.53 Å². The van der Waals surface area contributed by atoms with Gasteiger partial charge in [-0.2, -0.15) is 0 Å². The number of rotatable bonds is 7. The van der Waals surface area contributed by atoms with Crippen molar-refractivity contribution in [2.24, 2.45) is 5.41 Å². The topological polar surface area (TPSA) is 89.2 Å². The number of carboxylic acid groups (broad SMARTS) is 1. The zero-order valence-electron chi connectivity index (χ0n) is 13.5. The Balaban J connectivity index is 2.10. The minimum absolute atomic E-state index is 0.167. The normalized spacial score (nSPS) is 21.2. The smallest absolute Gasteiger partial charge is 0.311 e. The van der Waals surface area contributed by atoms with E-state index in [2.05, 4.69) is 0 Å². The molecule has 0 saturated carbocycles. The van der Waals surface area contributed by atoms with Crippen LogP contribution in [0.25, 0.3) is 0 Å². The van der Waals surface area contributed by atoms with Gasteiger partial charge in [0.25, 0.3) is 11.9 Å². The maximum absolute atomic E-state index is 12.5. The average Bonchev–Trinajstić information content (AvgIpc) is 3.03. The van der Waals surface area contributed by atoms with Crippen LogP contribution in [0, 0.1) is 5.41 Å². The van der Waals surface area contributed by atoms with Gasteiger partial charge in [0, 0.05) is 32.9 Å².